The predicted octanol–water partition coefficient (Wildman–Crippen LogP) is 1.22. The number of hydrogen-bond acceptors (Lipinski definition) is 4. The molecule has 1 rings (SSSR count). The molecule has 15 heavy (non-hydrogen) atoms. The third-order valence-corrected chi connectivity index (χ3v) is 2.65. The second-order valence-electron chi connectivity index (χ2n) is 4.51. The summed E-state index contributed by atoms with van der Waals surface area (Å²) in [6.45, 7) is 6.19. The van der Waals surface area contributed by atoms with Gasteiger partial charge in [-0.05, 0) is 33.6 Å². The van der Waals surface area contributed by atoms with E-state index in [-0.39, 0.29) is 18.2 Å². The summed E-state index contributed by atoms with van der Waals surface area (Å²) < 4.78 is 10.5. The molecule has 4 nitrogen and oxygen atoms in total. The second kappa shape index (κ2) is 4.94. The van der Waals surface area contributed by atoms with Crippen molar-refractivity contribution >= 4 is 5.97 Å². The Morgan fingerprint density at radius 1 is 1.47 bits per heavy atom. The molecular formula is C11H21NO3. The van der Waals surface area contributed by atoms with E-state index >= 15 is 0 Å². The molecule has 0 bridgehead atoms. The maximum absolute atomic E-state index is 11.4. The fraction of sp³-hybridized carbons (Fsp3) is 0.909. The van der Waals surface area contributed by atoms with E-state index in [2.05, 4.69) is 0 Å². The number of nitrogens with two attached hydrogens (primary N) is 1. The standard InChI is InChI=1S/C11H21NO3/c1-4-14-10(13)7-11(12)5-8(2)15-9(3)6-11/h8-9H,4-7,12H2,1-3H3. The largest absolute Gasteiger partial charge is 0.466 e. The first-order valence-corrected chi connectivity index (χ1v) is 5.55. The van der Waals surface area contributed by atoms with Crippen molar-refractivity contribution in [1.29, 1.82) is 0 Å². The van der Waals surface area contributed by atoms with Crippen LogP contribution >= 0.6 is 0 Å². The van der Waals surface area contributed by atoms with Gasteiger partial charge < -0.3 is 15.2 Å². The lowest BCUT2D eigenvalue weighted by Crippen LogP contribution is -2.51. The molecule has 1 aliphatic rings. The Kier molecular flexibility index (Phi) is 4.11. The van der Waals surface area contributed by atoms with Gasteiger partial charge in [-0.1, -0.05) is 0 Å². The van der Waals surface area contributed by atoms with Crippen LogP contribution in [0.2, 0.25) is 0 Å². The highest BCUT2D eigenvalue weighted by molar-refractivity contribution is 5.70. The Balaban J connectivity index is 2.53. The SMILES string of the molecule is CCOC(=O)CC1(N)CC(C)OC(C)C1. The molecule has 1 saturated heterocycles. The molecular weight excluding hydrogens is 194 g/mol. The van der Waals surface area contributed by atoms with E-state index in [1.54, 1.807) is 6.92 Å². The average molecular weight is 215 g/mol. The van der Waals surface area contributed by atoms with Gasteiger partial charge in [-0.2, -0.15) is 0 Å². The summed E-state index contributed by atoms with van der Waals surface area (Å²) in [5, 5.41) is 0. The molecule has 0 spiro atoms. The Labute approximate surface area is 91.1 Å². The normalized spacial score (nSPS) is 36.3. The summed E-state index contributed by atoms with van der Waals surface area (Å²) >= 11 is 0. The van der Waals surface area contributed by atoms with Crippen LogP contribution in [-0.4, -0.2) is 30.3 Å². The third kappa shape index (κ3) is 3.80. The van der Waals surface area contributed by atoms with Crippen molar-refractivity contribution in [2.24, 2.45) is 5.73 Å². The van der Waals surface area contributed by atoms with E-state index in [4.69, 9.17) is 15.2 Å². The molecule has 0 aliphatic carbocycles. The Hall–Kier alpha value is -0.610. The molecule has 88 valence electrons. The highest BCUT2D eigenvalue weighted by Crippen LogP contribution is 2.29. The Morgan fingerprint density at radius 2 is 2.00 bits per heavy atom. The number of ether oxygens (including phenoxy) is 2. The lowest BCUT2D eigenvalue weighted by Gasteiger charge is -2.39. The van der Waals surface area contributed by atoms with E-state index in [0.717, 1.165) is 12.8 Å². The van der Waals surface area contributed by atoms with Gasteiger partial charge in [0.2, 0.25) is 0 Å². The first-order chi connectivity index (χ1) is 6.95. The summed E-state index contributed by atoms with van der Waals surface area (Å²) in [4.78, 5) is 11.4. The molecule has 4 heteroatoms. The van der Waals surface area contributed by atoms with Gasteiger partial charge in [-0.15, -0.1) is 0 Å². The van der Waals surface area contributed by atoms with Gasteiger partial charge in [0, 0.05) is 5.54 Å². The predicted molar refractivity (Wildman–Crippen MR) is 57.4 cm³/mol. The van der Waals surface area contributed by atoms with Gasteiger partial charge in [0.25, 0.3) is 0 Å². The van der Waals surface area contributed by atoms with Crippen molar-refractivity contribution in [2.45, 2.75) is 57.8 Å². The van der Waals surface area contributed by atoms with Gasteiger partial charge in [0.1, 0.15) is 0 Å². The van der Waals surface area contributed by atoms with Crippen LogP contribution in [0.5, 0.6) is 0 Å². The molecule has 1 aliphatic heterocycles. The maximum Gasteiger partial charge on any atom is 0.307 e. The van der Waals surface area contributed by atoms with Crippen LogP contribution in [0.25, 0.3) is 0 Å². The van der Waals surface area contributed by atoms with Crippen LogP contribution in [0.4, 0.5) is 0 Å². The van der Waals surface area contributed by atoms with Crippen molar-refractivity contribution in [3.8, 4) is 0 Å². The molecule has 0 saturated carbocycles. The first-order valence-electron chi connectivity index (χ1n) is 5.55. The molecule has 1 fully saturated rings. The van der Waals surface area contributed by atoms with Gasteiger partial charge in [-0.3, -0.25) is 4.79 Å². The summed E-state index contributed by atoms with van der Waals surface area (Å²) in [7, 11) is 0. The zero-order chi connectivity index (χ0) is 11.5. The van der Waals surface area contributed by atoms with Crippen LogP contribution in [-0.2, 0) is 14.3 Å². The van der Waals surface area contributed by atoms with Crippen LogP contribution < -0.4 is 5.73 Å². The van der Waals surface area contributed by atoms with E-state index in [1.807, 2.05) is 13.8 Å². The second-order valence-corrected chi connectivity index (χ2v) is 4.51. The first kappa shape index (κ1) is 12.5. The lowest BCUT2D eigenvalue weighted by molar-refractivity contribution is -0.146. The quantitative estimate of drug-likeness (QED) is 0.719. The van der Waals surface area contributed by atoms with Gasteiger partial charge in [-0.25, -0.2) is 0 Å². The average Bonchev–Trinajstić information content (AvgIpc) is 1.99. The van der Waals surface area contributed by atoms with Crippen molar-refractivity contribution in [2.75, 3.05) is 6.61 Å². The molecule has 0 amide bonds. The fourth-order valence-corrected chi connectivity index (χ4v) is 2.36. The van der Waals surface area contributed by atoms with Crippen molar-refractivity contribution in [3.05, 3.63) is 0 Å². The minimum atomic E-state index is -0.455. The Morgan fingerprint density at radius 3 is 2.47 bits per heavy atom. The van der Waals surface area contributed by atoms with Gasteiger partial charge in [0.15, 0.2) is 0 Å². The summed E-state index contributed by atoms with van der Waals surface area (Å²) in [6.07, 6.45) is 1.96. The highest BCUT2D eigenvalue weighted by Gasteiger charge is 2.37. The van der Waals surface area contributed by atoms with E-state index < -0.39 is 5.54 Å². The van der Waals surface area contributed by atoms with Crippen LogP contribution in [0.15, 0.2) is 0 Å². The number of carbonyl (C=O) groups is 1. The molecule has 2 N–H and O–H groups in total. The number of rotatable bonds is 3. The van der Waals surface area contributed by atoms with Crippen LogP contribution in [0, 0.1) is 0 Å². The van der Waals surface area contributed by atoms with E-state index in [1.165, 1.54) is 0 Å². The van der Waals surface area contributed by atoms with Crippen molar-refractivity contribution < 1.29 is 14.3 Å². The maximum atomic E-state index is 11.4. The molecule has 0 radical (unpaired) electrons. The van der Waals surface area contributed by atoms with Crippen LogP contribution in [0.1, 0.15) is 40.0 Å². The summed E-state index contributed by atoms with van der Waals surface area (Å²) in [6, 6.07) is 0. The zero-order valence-electron chi connectivity index (χ0n) is 9.79. The van der Waals surface area contributed by atoms with E-state index in [9.17, 15) is 4.79 Å². The number of esters is 1. The number of carbonyl (C=O) groups excluding carboxylic acids is 1. The van der Waals surface area contributed by atoms with Gasteiger partial charge >= 0.3 is 5.97 Å². The number of hydrogen-bond donors (Lipinski definition) is 1. The smallest absolute Gasteiger partial charge is 0.307 e. The molecule has 0 aromatic heterocycles. The molecule has 1 heterocycles. The van der Waals surface area contributed by atoms with Crippen LogP contribution in [0.3, 0.4) is 0 Å². The third-order valence-electron chi connectivity index (χ3n) is 2.65. The topological polar surface area (TPSA) is 61.5 Å². The summed E-state index contributed by atoms with van der Waals surface area (Å²) in [5.41, 5.74) is 5.74. The zero-order valence-corrected chi connectivity index (χ0v) is 9.79. The minimum absolute atomic E-state index is 0.119. The molecule has 0 aromatic carbocycles. The molecule has 0 aromatic rings. The van der Waals surface area contributed by atoms with Crippen molar-refractivity contribution in [1.82, 2.24) is 0 Å². The van der Waals surface area contributed by atoms with Gasteiger partial charge in [0.05, 0.1) is 25.2 Å². The van der Waals surface area contributed by atoms with Crippen molar-refractivity contribution in [3.63, 3.8) is 0 Å². The summed E-state index contributed by atoms with van der Waals surface area (Å²) in [5.74, 6) is -0.207. The fourth-order valence-electron chi connectivity index (χ4n) is 2.36. The monoisotopic (exact) mass is 215 g/mol. The highest BCUT2D eigenvalue weighted by atomic mass is 16.5. The lowest BCUT2D eigenvalue weighted by atomic mass is 9.82. The molecule has 2 unspecified atom stereocenters. The van der Waals surface area contributed by atoms with E-state index in [0.29, 0.717) is 13.0 Å². The molecule has 2 atom stereocenters. The minimum Gasteiger partial charge on any atom is -0.466 e. The Bertz CT molecular complexity index is 220.